The van der Waals surface area contributed by atoms with Gasteiger partial charge in [-0.25, -0.2) is 4.39 Å². The normalized spacial score (nSPS) is 21.1. The summed E-state index contributed by atoms with van der Waals surface area (Å²) in [5, 5.41) is 32.8. The number of aliphatic hydroxyl groups excluding tert-OH is 2. The molecule has 0 saturated carbocycles. The average molecular weight is 405 g/mol. The molecule has 1 aromatic carbocycles. The highest BCUT2D eigenvalue weighted by atomic mass is 19.1. The number of aliphatic hydroxyl groups is 2. The lowest BCUT2D eigenvalue weighted by atomic mass is 9.95. The molecule has 0 bridgehead atoms. The first kappa shape index (κ1) is 21.2. The van der Waals surface area contributed by atoms with Crippen LogP contribution in [0.5, 0.6) is 0 Å². The van der Waals surface area contributed by atoms with Gasteiger partial charge in [0.15, 0.2) is 12.0 Å². The van der Waals surface area contributed by atoms with Crippen LogP contribution in [0, 0.1) is 5.82 Å². The van der Waals surface area contributed by atoms with Crippen LogP contribution in [0.25, 0.3) is 5.70 Å². The van der Waals surface area contributed by atoms with Gasteiger partial charge in [-0.3, -0.25) is 4.90 Å². The summed E-state index contributed by atoms with van der Waals surface area (Å²) >= 11 is 0. The Morgan fingerprint density at radius 3 is 2.48 bits per heavy atom. The van der Waals surface area contributed by atoms with Crippen molar-refractivity contribution in [3.8, 4) is 0 Å². The molecular weight excluding hydrogens is 377 g/mol. The van der Waals surface area contributed by atoms with E-state index in [1.54, 1.807) is 24.1 Å². The zero-order chi connectivity index (χ0) is 21.3. The monoisotopic (exact) mass is 405 g/mol. The minimum atomic E-state index is -1.21. The van der Waals surface area contributed by atoms with Crippen LogP contribution in [0.15, 0.2) is 34.4 Å². The average Bonchev–Trinajstić information content (AvgIpc) is 3.09. The molecule has 29 heavy (non-hydrogen) atoms. The molecule has 2 aromatic rings. The molecule has 0 amide bonds. The van der Waals surface area contributed by atoms with E-state index in [2.05, 4.69) is 15.5 Å². The lowest BCUT2D eigenvalue weighted by Gasteiger charge is -2.50. The van der Waals surface area contributed by atoms with Gasteiger partial charge in [0.25, 0.3) is 5.89 Å². The number of aromatic nitrogens is 2. The van der Waals surface area contributed by atoms with Gasteiger partial charge in [0.1, 0.15) is 17.7 Å². The van der Waals surface area contributed by atoms with Gasteiger partial charge >= 0.3 is 0 Å². The minimum Gasteiger partial charge on any atom is -0.506 e. The van der Waals surface area contributed by atoms with E-state index in [1.807, 2.05) is 32.7 Å². The zero-order valence-corrected chi connectivity index (χ0v) is 17.3. The summed E-state index contributed by atoms with van der Waals surface area (Å²) in [7, 11) is 3.55. The SMILES string of the molecule is CCNC(C)(C)C1N(C)C(c2nnc(Cc3ccc(F)cc3)o2)=C(O)C(O)N1C. The summed E-state index contributed by atoms with van der Waals surface area (Å²) in [5.74, 6) is -0.121. The highest BCUT2D eigenvalue weighted by Crippen LogP contribution is 2.35. The van der Waals surface area contributed by atoms with Gasteiger partial charge in [-0.2, -0.15) is 0 Å². The van der Waals surface area contributed by atoms with Gasteiger partial charge in [-0.1, -0.05) is 19.1 Å². The second-order valence-corrected chi connectivity index (χ2v) is 7.81. The Hall–Kier alpha value is -2.49. The summed E-state index contributed by atoms with van der Waals surface area (Å²) in [4.78, 5) is 3.50. The van der Waals surface area contributed by atoms with E-state index in [9.17, 15) is 14.6 Å². The number of likely N-dealkylation sites (N-methyl/N-ethyl adjacent to an activating group) is 3. The number of hydrogen-bond acceptors (Lipinski definition) is 8. The molecule has 1 aliphatic rings. The first-order valence-corrected chi connectivity index (χ1v) is 9.54. The molecule has 1 aromatic heterocycles. The fraction of sp³-hybridized carbons (Fsp3) is 0.500. The van der Waals surface area contributed by atoms with Gasteiger partial charge in [-0.15, -0.1) is 10.2 Å². The molecule has 9 heteroatoms. The van der Waals surface area contributed by atoms with E-state index in [-0.39, 0.29) is 29.3 Å². The third kappa shape index (κ3) is 4.12. The van der Waals surface area contributed by atoms with E-state index in [0.29, 0.717) is 12.3 Å². The number of benzene rings is 1. The lowest BCUT2D eigenvalue weighted by molar-refractivity contribution is -0.0819. The van der Waals surface area contributed by atoms with Crippen molar-refractivity contribution >= 4 is 5.70 Å². The molecule has 2 unspecified atom stereocenters. The van der Waals surface area contributed by atoms with Crippen molar-refractivity contribution < 1.29 is 19.0 Å². The smallest absolute Gasteiger partial charge is 0.267 e. The van der Waals surface area contributed by atoms with Crippen LogP contribution >= 0.6 is 0 Å². The Balaban J connectivity index is 1.92. The van der Waals surface area contributed by atoms with Crippen LogP contribution in [0.2, 0.25) is 0 Å². The Labute approximate surface area is 169 Å². The van der Waals surface area contributed by atoms with E-state index in [4.69, 9.17) is 4.42 Å². The molecule has 1 aliphatic heterocycles. The van der Waals surface area contributed by atoms with Crippen LogP contribution in [0.4, 0.5) is 4.39 Å². The number of hydrogen-bond donors (Lipinski definition) is 3. The fourth-order valence-electron chi connectivity index (χ4n) is 4.02. The second-order valence-electron chi connectivity index (χ2n) is 7.81. The summed E-state index contributed by atoms with van der Waals surface area (Å²) in [5.41, 5.74) is 0.689. The van der Waals surface area contributed by atoms with Crippen molar-refractivity contribution in [2.75, 3.05) is 20.6 Å². The molecule has 0 radical (unpaired) electrons. The number of nitrogens with zero attached hydrogens (tertiary/aromatic N) is 4. The molecule has 0 aliphatic carbocycles. The Morgan fingerprint density at radius 1 is 1.21 bits per heavy atom. The molecule has 2 atom stereocenters. The quantitative estimate of drug-likeness (QED) is 0.671. The zero-order valence-electron chi connectivity index (χ0n) is 17.3. The summed E-state index contributed by atoms with van der Waals surface area (Å²) in [6, 6.07) is 6.04. The van der Waals surface area contributed by atoms with Crippen molar-refractivity contribution in [1.82, 2.24) is 25.3 Å². The van der Waals surface area contributed by atoms with Gasteiger partial charge in [-0.05, 0) is 45.1 Å². The van der Waals surface area contributed by atoms with E-state index in [0.717, 1.165) is 12.1 Å². The maximum atomic E-state index is 13.1. The Morgan fingerprint density at radius 2 is 1.86 bits per heavy atom. The van der Waals surface area contributed by atoms with Gasteiger partial charge in [0, 0.05) is 12.6 Å². The van der Waals surface area contributed by atoms with Crippen LogP contribution in [-0.4, -0.2) is 68.8 Å². The van der Waals surface area contributed by atoms with Crippen molar-refractivity contribution in [2.45, 2.75) is 45.1 Å². The standard InChI is InChI=1S/C20H28FN5O3/c1-6-22-20(2,3)19-25(4)15(16(27)18(28)26(19)5)17-24-23-14(29-17)11-12-7-9-13(21)10-8-12/h7-10,18-19,22,27-28H,6,11H2,1-5H3. The molecule has 3 rings (SSSR count). The van der Waals surface area contributed by atoms with Crippen molar-refractivity contribution in [3.05, 3.63) is 53.2 Å². The fourth-order valence-corrected chi connectivity index (χ4v) is 4.02. The van der Waals surface area contributed by atoms with Gasteiger partial charge < -0.3 is 24.8 Å². The van der Waals surface area contributed by atoms with E-state index >= 15 is 0 Å². The molecule has 2 heterocycles. The predicted molar refractivity (Wildman–Crippen MR) is 106 cm³/mol. The Kier molecular flexibility index (Phi) is 5.92. The molecule has 0 fully saturated rings. The molecule has 3 N–H and O–H groups in total. The predicted octanol–water partition coefficient (Wildman–Crippen LogP) is 1.94. The maximum absolute atomic E-state index is 13.1. The molecule has 0 spiro atoms. The lowest BCUT2D eigenvalue weighted by Crippen LogP contribution is -2.66. The Bertz CT molecular complexity index is 880. The highest BCUT2D eigenvalue weighted by Gasteiger charge is 2.45. The summed E-state index contributed by atoms with van der Waals surface area (Å²) < 4.78 is 18.9. The van der Waals surface area contributed by atoms with E-state index in [1.165, 1.54) is 12.1 Å². The summed E-state index contributed by atoms with van der Waals surface area (Å²) in [6.07, 6.45) is -1.17. The largest absolute Gasteiger partial charge is 0.506 e. The number of nitrogens with one attached hydrogen (secondary N) is 1. The van der Waals surface area contributed by atoms with Crippen molar-refractivity contribution in [3.63, 3.8) is 0 Å². The molecule has 8 nitrogen and oxygen atoms in total. The third-order valence-electron chi connectivity index (χ3n) is 5.19. The van der Waals surface area contributed by atoms with Gasteiger partial charge in [0.2, 0.25) is 5.89 Å². The van der Waals surface area contributed by atoms with Crippen LogP contribution < -0.4 is 5.32 Å². The third-order valence-corrected chi connectivity index (χ3v) is 5.19. The maximum Gasteiger partial charge on any atom is 0.267 e. The van der Waals surface area contributed by atoms with Crippen molar-refractivity contribution in [1.29, 1.82) is 0 Å². The van der Waals surface area contributed by atoms with Crippen LogP contribution in [0.3, 0.4) is 0 Å². The van der Waals surface area contributed by atoms with Crippen LogP contribution in [0.1, 0.15) is 38.1 Å². The topological polar surface area (TPSA) is 97.9 Å². The molecular formula is C20H28FN5O3. The second kappa shape index (κ2) is 8.10. The molecule has 0 saturated heterocycles. The highest BCUT2D eigenvalue weighted by molar-refractivity contribution is 5.61. The van der Waals surface area contributed by atoms with Gasteiger partial charge in [0.05, 0.1) is 6.42 Å². The minimum absolute atomic E-state index is 0.117. The first-order valence-electron chi connectivity index (χ1n) is 9.54. The number of rotatable bonds is 6. The van der Waals surface area contributed by atoms with E-state index < -0.39 is 11.8 Å². The molecule has 158 valence electrons. The summed E-state index contributed by atoms with van der Waals surface area (Å²) in [6.45, 7) is 6.80. The first-order chi connectivity index (χ1) is 13.7. The number of halogens is 1. The van der Waals surface area contributed by atoms with Crippen LogP contribution in [-0.2, 0) is 6.42 Å². The van der Waals surface area contributed by atoms with Crippen molar-refractivity contribution in [2.24, 2.45) is 0 Å².